The van der Waals surface area contributed by atoms with Gasteiger partial charge in [-0.2, -0.15) is 0 Å². The van der Waals surface area contributed by atoms with Crippen LogP contribution in [0.25, 0.3) is 17.4 Å². The minimum Gasteiger partial charge on any atom is -0.466 e. The summed E-state index contributed by atoms with van der Waals surface area (Å²) in [7, 11) is 1.34. The molecule has 98 valence electrons. The van der Waals surface area contributed by atoms with Crippen molar-refractivity contribution in [2.24, 2.45) is 0 Å². The maximum Gasteiger partial charge on any atom is 0.330 e. The number of halogens is 1. The highest BCUT2D eigenvalue weighted by molar-refractivity contribution is 9.10. The van der Waals surface area contributed by atoms with Crippen molar-refractivity contribution in [3.8, 4) is 11.3 Å². The smallest absolute Gasteiger partial charge is 0.330 e. The molecule has 0 saturated heterocycles. The average Bonchev–Trinajstić information content (AvgIpc) is 2.84. The second kappa shape index (κ2) is 5.89. The maximum absolute atomic E-state index is 11.0. The van der Waals surface area contributed by atoms with Gasteiger partial charge >= 0.3 is 5.97 Å². The molecule has 0 fully saturated rings. The van der Waals surface area contributed by atoms with Crippen molar-refractivity contribution in [1.82, 2.24) is 0 Å². The largest absolute Gasteiger partial charge is 0.466 e. The fourth-order valence-electron chi connectivity index (χ4n) is 1.63. The van der Waals surface area contributed by atoms with Crippen molar-refractivity contribution in [3.63, 3.8) is 0 Å². The third kappa shape index (κ3) is 3.35. The number of esters is 1. The van der Waals surface area contributed by atoms with E-state index < -0.39 is 5.97 Å². The fraction of sp³-hybridized carbons (Fsp3) is 0.133. The van der Waals surface area contributed by atoms with Crippen LogP contribution in [0.1, 0.15) is 11.3 Å². The van der Waals surface area contributed by atoms with Crippen molar-refractivity contribution in [1.29, 1.82) is 0 Å². The molecule has 0 amide bonds. The first-order valence-electron chi connectivity index (χ1n) is 5.72. The molecule has 2 rings (SSSR count). The molecule has 1 aromatic carbocycles. The van der Waals surface area contributed by atoms with E-state index in [0.29, 0.717) is 5.76 Å². The number of furan rings is 1. The SMILES string of the molecule is COC(=O)/C=C/c1ccc(-c2ccc(C)cc2Br)o1. The highest BCUT2D eigenvalue weighted by atomic mass is 79.9. The molecule has 4 heteroatoms. The molecule has 19 heavy (non-hydrogen) atoms. The minimum absolute atomic E-state index is 0.408. The van der Waals surface area contributed by atoms with Gasteiger partial charge in [0, 0.05) is 16.1 Å². The lowest BCUT2D eigenvalue weighted by Crippen LogP contribution is -1.92. The lowest BCUT2D eigenvalue weighted by Gasteiger charge is -2.01. The Morgan fingerprint density at radius 3 is 2.79 bits per heavy atom. The Hall–Kier alpha value is -1.81. The molecule has 1 aromatic heterocycles. The summed E-state index contributed by atoms with van der Waals surface area (Å²) in [5.74, 6) is 0.943. The van der Waals surface area contributed by atoms with Gasteiger partial charge in [-0.05, 0) is 42.8 Å². The van der Waals surface area contributed by atoms with E-state index >= 15 is 0 Å². The van der Waals surface area contributed by atoms with Crippen molar-refractivity contribution in [2.75, 3.05) is 7.11 Å². The van der Waals surface area contributed by atoms with Crippen LogP contribution < -0.4 is 0 Å². The second-order valence-electron chi connectivity index (χ2n) is 4.04. The Kier molecular flexibility index (Phi) is 4.22. The van der Waals surface area contributed by atoms with Crippen molar-refractivity contribution < 1.29 is 13.9 Å². The molecule has 0 atom stereocenters. The van der Waals surface area contributed by atoms with E-state index in [9.17, 15) is 4.79 Å². The highest BCUT2D eigenvalue weighted by Gasteiger charge is 2.07. The van der Waals surface area contributed by atoms with E-state index in [4.69, 9.17) is 4.42 Å². The van der Waals surface area contributed by atoms with E-state index in [-0.39, 0.29) is 0 Å². The first-order valence-corrected chi connectivity index (χ1v) is 6.52. The molecule has 0 saturated carbocycles. The van der Waals surface area contributed by atoms with E-state index in [1.54, 1.807) is 12.1 Å². The molecule has 1 heterocycles. The molecule has 0 aliphatic carbocycles. The molecule has 3 nitrogen and oxygen atoms in total. The third-order valence-corrected chi connectivity index (χ3v) is 3.26. The predicted molar refractivity (Wildman–Crippen MR) is 77.6 cm³/mol. The summed E-state index contributed by atoms with van der Waals surface area (Å²) in [6.07, 6.45) is 2.91. The number of carbonyl (C=O) groups is 1. The van der Waals surface area contributed by atoms with Crippen LogP contribution in [0.3, 0.4) is 0 Å². The van der Waals surface area contributed by atoms with Crippen LogP contribution in [0.5, 0.6) is 0 Å². The molecule has 0 radical (unpaired) electrons. The average molecular weight is 321 g/mol. The Labute approximate surface area is 120 Å². The van der Waals surface area contributed by atoms with Gasteiger partial charge < -0.3 is 9.15 Å². The first kappa shape index (κ1) is 13.6. The van der Waals surface area contributed by atoms with Crippen molar-refractivity contribution in [2.45, 2.75) is 6.92 Å². The molecule has 0 N–H and O–H groups in total. The van der Waals surface area contributed by atoms with E-state index in [2.05, 4.69) is 20.7 Å². The van der Waals surface area contributed by atoms with Crippen LogP contribution in [0.15, 0.2) is 45.3 Å². The number of methoxy groups -OCH3 is 1. The van der Waals surface area contributed by atoms with Crippen LogP contribution in [-0.2, 0) is 9.53 Å². The second-order valence-corrected chi connectivity index (χ2v) is 4.90. The van der Waals surface area contributed by atoms with Gasteiger partial charge in [-0.25, -0.2) is 4.79 Å². The standard InChI is InChI=1S/C15H13BrO3/c1-10-3-6-12(13(16)9-10)14-7-4-11(19-14)5-8-15(17)18-2/h3-9H,1-2H3/b8-5+. The summed E-state index contributed by atoms with van der Waals surface area (Å²) in [6.45, 7) is 2.03. The van der Waals surface area contributed by atoms with Gasteiger partial charge in [0.05, 0.1) is 7.11 Å². The first-order chi connectivity index (χ1) is 9.10. The minimum atomic E-state index is -0.408. The van der Waals surface area contributed by atoms with Gasteiger partial charge in [-0.15, -0.1) is 0 Å². The number of carbonyl (C=O) groups excluding carboxylic acids is 1. The Balaban J connectivity index is 2.26. The van der Waals surface area contributed by atoms with Crippen molar-refractivity contribution in [3.05, 3.63) is 52.2 Å². The highest BCUT2D eigenvalue weighted by Crippen LogP contribution is 2.30. The van der Waals surface area contributed by atoms with Crippen LogP contribution in [0.2, 0.25) is 0 Å². The molecule has 0 unspecified atom stereocenters. The Bertz CT molecular complexity index is 626. The zero-order valence-corrected chi connectivity index (χ0v) is 12.2. The zero-order valence-electron chi connectivity index (χ0n) is 10.6. The van der Waals surface area contributed by atoms with Crippen molar-refractivity contribution >= 4 is 28.0 Å². The fourth-order valence-corrected chi connectivity index (χ4v) is 2.31. The van der Waals surface area contributed by atoms with Gasteiger partial charge in [0.25, 0.3) is 0 Å². The summed E-state index contributed by atoms with van der Waals surface area (Å²) >= 11 is 3.51. The van der Waals surface area contributed by atoms with E-state index in [0.717, 1.165) is 15.8 Å². The van der Waals surface area contributed by atoms with Crippen LogP contribution in [0.4, 0.5) is 0 Å². The van der Waals surface area contributed by atoms with E-state index in [1.807, 2.05) is 31.2 Å². The number of rotatable bonds is 3. The molecule has 2 aromatic rings. The number of hydrogen-bond donors (Lipinski definition) is 0. The van der Waals surface area contributed by atoms with E-state index in [1.165, 1.54) is 18.7 Å². The lowest BCUT2D eigenvalue weighted by molar-refractivity contribution is -0.134. The van der Waals surface area contributed by atoms with Gasteiger partial charge in [0.15, 0.2) is 0 Å². The van der Waals surface area contributed by atoms with Gasteiger partial charge in [0.1, 0.15) is 11.5 Å². The number of ether oxygens (including phenoxy) is 1. The third-order valence-electron chi connectivity index (χ3n) is 2.60. The van der Waals surface area contributed by atoms with Crippen LogP contribution in [0, 0.1) is 6.92 Å². The number of aryl methyl sites for hydroxylation is 1. The Morgan fingerprint density at radius 1 is 1.32 bits per heavy atom. The summed E-state index contributed by atoms with van der Waals surface area (Å²) < 4.78 is 11.2. The Morgan fingerprint density at radius 2 is 2.11 bits per heavy atom. The monoisotopic (exact) mass is 320 g/mol. The lowest BCUT2D eigenvalue weighted by atomic mass is 10.1. The van der Waals surface area contributed by atoms with Crippen LogP contribution >= 0.6 is 15.9 Å². The summed E-state index contributed by atoms with van der Waals surface area (Å²) in [4.78, 5) is 11.0. The maximum atomic E-state index is 11.0. The topological polar surface area (TPSA) is 39.4 Å². The molecule has 0 spiro atoms. The molecule has 0 aliphatic rings. The zero-order chi connectivity index (χ0) is 13.8. The summed E-state index contributed by atoms with van der Waals surface area (Å²) in [5, 5.41) is 0. The van der Waals surface area contributed by atoms with Gasteiger partial charge in [0.2, 0.25) is 0 Å². The molecular weight excluding hydrogens is 308 g/mol. The quantitative estimate of drug-likeness (QED) is 0.628. The number of benzene rings is 1. The predicted octanol–water partition coefficient (Wildman–Crippen LogP) is 4.20. The van der Waals surface area contributed by atoms with Gasteiger partial charge in [-0.3, -0.25) is 0 Å². The number of hydrogen-bond acceptors (Lipinski definition) is 3. The molecule has 0 bridgehead atoms. The summed E-state index contributed by atoms with van der Waals surface area (Å²) in [5.41, 5.74) is 2.15. The van der Waals surface area contributed by atoms with Crippen LogP contribution in [-0.4, -0.2) is 13.1 Å². The normalized spacial score (nSPS) is 10.9. The molecular formula is C15H13BrO3. The molecule has 0 aliphatic heterocycles. The summed E-state index contributed by atoms with van der Waals surface area (Å²) in [6, 6.07) is 9.72. The van der Waals surface area contributed by atoms with Gasteiger partial charge in [-0.1, -0.05) is 22.0 Å².